The fraction of sp³-hybridized carbons (Fsp3) is 0.722. The van der Waals surface area contributed by atoms with Crippen LogP contribution in [0.15, 0.2) is 6.20 Å². The molecule has 3 atom stereocenters. The van der Waals surface area contributed by atoms with E-state index in [4.69, 9.17) is 21.1 Å². The standard InChI is InChI=1S/C18H27ClN5O8P/c19-17-22-14(21-10-3-1-2-4-10)12-6-20-24(15(12)23-17)16-13(27)5-11(32-16)7-31-18(8-25,9-26)33(28,29)30/h6,10-11,13,16,25-27H,1-5,7-9H2,(H,21,22,23)(H2,28,29,30)/t11-,13+,16+/m0/s1. The molecule has 2 fully saturated rings. The Morgan fingerprint density at radius 1 is 1.27 bits per heavy atom. The lowest BCUT2D eigenvalue weighted by atomic mass is 10.2. The SMILES string of the molecule is O=P(O)(O)C(CO)(CO)OC[C@@H]1C[C@@H](O)[C@H](n2ncc3c(NC4CCCC4)nc(Cl)nc32)O1. The van der Waals surface area contributed by atoms with Gasteiger partial charge in [-0.1, -0.05) is 12.8 Å². The van der Waals surface area contributed by atoms with Crippen molar-refractivity contribution >= 4 is 36.0 Å². The van der Waals surface area contributed by atoms with Gasteiger partial charge in [-0.05, 0) is 24.4 Å². The van der Waals surface area contributed by atoms with Crippen molar-refractivity contribution in [1.29, 1.82) is 0 Å². The zero-order valence-electron chi connectivity index (χ0n) is 17.6. The maximum absolute atomic E-state index is 11.7. The summed E-state index contributed by atoms with van der Waals surface area (Å²) in [6.45, 7) is -2.58. The number of hydrogen-bond donors (Lipinski definition) is 6. The molecule has 0 bridgehead atoms. The summed E-state index contributed by atoms with van der Waals surface area (Å²) in [5, 5.41) is 35.2. The number of anilines is 1. The monoisotopic (exact) mass is 507 g/mol. The molecule has 0 radical (unpaired) electrons. The van der Waals surface area contributed by atoms with Gasteiger partial charge in [0.2, 0.25) is 10.6 Å². The van der Waals surface area contributed by atoms with E-state index in [-0.39, 0.29) is 24.4 Å². The third kappa shape index (κ3) is 4.88. The maximum Gasteiger partial charge on any atom is 0.361 e. The molecule has 184 valence electrons. The summed E-state index contributed by atoms with van der Waals surface area (Å²) >= 11 is 6.14. The van der Waals surface area contributed by atoms with Gasteiger partial charge in [-0.3, -0.25) is 4.57 Å². The maximum atomic E-state index is 11.7. The molecule has 6 N–H and O–H groups in total. The van der Waals surface area contributed by atoms with Gasteiger partial charge >= 0.3 is 7.60 Å². The van der Waals surface area contributed by atoms with E-state index in [2.05, 4.69) is 20.4 Å². The first kappa shape index (κ1) is 24.7. The van der Waals surface area contributed by atoms with Crippen LogP contribution in [-0.2, 0) is 14.0 Å². The summed E-state index contributed by atoms with van der Waals surface area (Å²) in [7, 11) is -5.00. The minimum Gasteiger partial charge on any atom is -0.393 e. The molecule has 0 aromatic carbocycles. The van der Waals surface area contributed by atoms with Gasteiger partial charge in [0.1, 0.15) is 11.9 Å². The molecular weight excluding hydrogens is 481 g/mol. The summed E-state index contributed by atoms with van der Waals surface area (Å²) in [4.78, 5) is 27.4. The summed E-state index contributed by atoms with van der Waals surface area (Å²) < 4.78 is 24.1. The summed E-state index contributed by atoms with van der Waals surface area (Å²) in [6, 6.07) is 0.282. The number of aromatic nitrogens is 4. The molecule has 0 unspecified atom stereocenters. The van der Waals surface area contributed by atoms with Gasteiger partial charge in [-0.15, -0.1) is 0 Å². The lowest BCUT2D eigenvalue weighted by Gasteiger charge is -2.31. The molecule has 1 saturated carbocycles. The Hall–Kier alpha value is -1.41. The average molecular weight is 508 g/mol. The molecular formula is C18H27ClN5O8P. The van der Waals surface area contributed by atoms with Gasteiger partial charge in [0, 0.05) is 12.5 Å². The highest BCUT2D eigenvalue weighted by molar-refractivity contribution is 7.53. The minimum atomic E-state index is -5.00. The highest BCUT2D eigenvalue weighted by Gasteiger charge is 2.49. The molecule has 0 spiro atoms. The smallest absolute Gasteiger partial charge is 0.361 e. The first-order valence-electron chi connectivity index (χ1n) is 10.6. The van der Waals surface area contributed by atoms with Gasteiger partial charge in [-0.2, -0.15) is 15.1 Å². The number of rotatable bonds is 9. The van der Waals surface area contributed by atoms with E-state index in [9.17, 15) is 29.7 Å². The van der Waals surface area contributed by atoms with Crippen molar-refractivity contribution in [3.8, 4) is 0 Å². The predicted octanol–water partition coefficient (Wildman–Crippen LogP) is 0.358. The third-order valence-electron chi connectivity index (χ3n) is 6.09. The van der Waals surface area contributed by atoms with Crippen molar-refractivity contribution in [3.63, 3.8) is 0 Å². The molecule has 4 rings (SSSR count). The Balaban J connectivity index is 1.52. The Bertz CT molecular complexity index is 1020. The molecule has 3 heterocycles. The van der Waals surface area contributed by atoms with E-state index in [0.717, 1.165) is 25.7 Å². The van der Waals surface area contributed by atoms with E-state index in [1.807, 2.05) is 0 Å². The lowest BCUT2D eigenvalue weighted by molar-refractivity contribution is -0.114. The zero-order chi connectivity index (χ0) is 23.8. The second kappa shape index (κ2) is 9.68. The van der Waals surface area contributed by atoms with Crippen molar-refractivity contribution in [3.05, 3.63) is 11.5 Å². The van der Waals surface area contributed by atoms with Crippen molar-refractivity contribution in [2.45, 2.75) is 61.9 Å². The average Bonchev–Trinajstić information content (AvgIpc) is 3.48. The second-order valence-electron chi connectivity index (χ2n) is 8.36. The van der Waals surface area contributed by atoms with Crippen LogP contribution in [-0.4, -0.2) is 88.3 Å². The normalized spacial score (nSPS) is 24.7. The van der Waals surface area contributed by atoms with E-state index in [0.29, 0.717) is 16.9 Å². The van der Waals surface area contributed by atoms with E-state index in [1.165, 1.54) is 4.68 Å². The quantitative estimate of drug-likeness (QED) is 0.202. The molecule has 1 saturated heterocycles. The summed E-state index contributed by atoms with van der Waals surface area (Å²) in [5.41, 5.74) is 0.358. The van der Waals surface area contributed by atoms with E-state index in [1.54, 1.807) is 6.20 Å². The number of ether oxygens (including phenoxy) is 2. The molecule has 15 heteroatoms. The fourth-order valence-corrected chi connectivity index (χ4v) is 4.95. The van der Waals surface area contributed by atoms with Crippen LogP contribution in [0.2, 0.25) is 5.28 Å². The minimum absolute atomic E-state index is 0.00874. The van der Waals surface area contributed by atoms with Gasteiger partial charge in [0.15, 0.2) is 11.9 Å². The highest BCUT2D eigenvalue weighted by Crippen LogP contribution is 2.51. The third-order valence-corrected chi connectivity index (χ3v) is 7.73. The molecule has 1 aliphatic heterocycles. The molecule has 0 amide bonds. The van der Waals surface area contributed by atoms with E-state index >= 15 is 0 Å². The van der Waals surface area contributed by atoms with Gasteiger partial charge < -0.3 is 39.9 Å². The van der Waals surface area contributed by atoms with Crippen LogP contribution in [0.4, 0.5) is 5.82 Å². The zero-order valence-corrected chi connectivity index (χ0v) is 19.3. The van der Waals surface area contributed by atoms with Crippen molar-refractivity contribution in [2.75, 3.05) is 25.1 Å². The molecule has 2 aromatic rings. The fourth-order valence-electron chi connectivity index (χ4n) is 4.17. The number of hydrogen-bond acceptors (Lipinski definition) is 10. The van der Waals surface area contributed by atoms with Crippen LogP contribution in [0.3, 0.4) is 0 Å². The number of fused-ring (bicyclic) bond motifs is 1. The van der Waals surface area contributed by atoms with Crippen molar-refractivity contribution in [2.24, 2.45) is 0 Å². The topological polar surface area (TPSA) is 192 Å². The number of aliphatic hydroxyl groups excluding tert-OH is 3. The van der Waals surface area contributed by atoms with Crippen LogP contribution in [0, 0.1) is 0 Å². The molecule has 2 aromatic heterocycles. The Labute approximate surface area is 193 Å². The Morgan fingerprint density at radius 3 is 2.61 bits per heavy atom. The van der Waals surface area contributed by atoms with Crippen molar-refractivity contribution in [1.82, 2.24) is 19.7 Å². The molecule has 1 aliphatic carbocycles. The van der Waals surface area contributed by atoms with Crippen LogP contribution >= 0.6 is 19.2 Å². The van der Waals surface area contributed by atoms with E-state index < -0.39 is 44.6 Å². The first-order chi connectivity index (χ1) is 15.7. The number of nitrogens with zero attached hydrogens (tertiary/aromatic N) is 4. The largest absolute Gasteiger partial charge is 0.393 e. The Kier molecular flexibility index (Phi) is 7.25. The molecule has 33 heavy (non-hydrogen) atoms. The van der Waals surface area contributed by atoms with Crippen LogP contribution in [0.1, 0.15) is 38.3 Å². The number of halogens is 1. The number of nitrogens with one attached hydrogen (secondary N) is 1. The van der Waals surface area contributed by atoms with Crippen molar-refractivity contribution < 1.29 is 39.1 Å². The highest BCUT2D eigenvalue weighted by atomic mass is 35.5. The predicted molar refractivity (Wildman–Crippen MR) is 116 cm³/mol. The van der Waals surface area contributed by atoms with Crippen LogP contribution in [0.25, 0.3) is 11.0 Å². The van der Waals surface area contributed by atoms with Gasteiger partial charge in [0.05, 0.1) is 37.5 Å². The summed E-state index contributed by atoms with van der Waals surface area (Å²) in [5.74, 6) is 0.549. The second-order valence-corrected chi connectivity index (χ2v) is 10.6. The first-order valence-corrected chi connectivity index (χ1v) is 12.6. The Morgan fingerprint density at radius 2 is 1.97 bits per heavy atom. The van der Waals surface area contributed by atoms with Gasteiger partial charge in [-0.25, -0.2) is 4.68 Å². The number of aliphatic hydroxyl groups is 3. The lowest BCUT2D eigenvalue weighted by Crippen LogP contribution is -2.42. The molecule has 2 aliphatic rings. The van der Waals surface area contributed by atoms with Gasteiger partial charge in [0.25, 0.3) is 0 Å². The summed E-state index contributed by atoms with van der Waals surface area (Å²) in [6.07, 6.45) is 3.17. The molecule has 13 nitrogen and oxygen atoms in total. The van der Waals surface area contributed by atoms with Crippen LogP contribution < -0.4 is 5.32 Å². The van der Waals surface area contributed by atoms with Crippen LogP contribution in [0.5, 0.6) is 0 Å².